The largest absolute Gasteiger partial charge is 0.495 e. The lowest BCUT2D eigenvalue weighted by molar-refractivity contribution is -0.121. The summed E-state index contributed by atoms with van der Waals surface area (Å²) in [5.74, 6) is 0.951. The van der Waals surface area contributed by atoms with Crippen LogP contribution in [0.2, 0.25) is 0 Å². The predicted octanol–water partition coefficient (Wildman–Crippen LogP) is 4.08. The summed E-state index contributed by atoms with van der Waals surface area (Å²) in [7, 11) is -2.28. The van der Waals surface area contributed by atoms with Crippen molar-refractivity contribution in [3.05, 3.63) is 53.9 Å². The van der Waals surface area contributed by atoms with E-state index >= 15 is 0 Å². The van der Waals surface area contributed by atoms with Crippen molar-refractivity contribution in [2.24, 2.45) is 5.92 Å². The summed E-state index contributed by atoms with van der Waals surface area (Å²) >= 11 is 0. The Labute approximate surface area is 229 Å². The van der Waals surface area contributed by atoms with Crippen molar-refractivity contribution in [3.63, 3.8) is 0 Å². The Kier molecular flexibility index (Phi) is 8.29. The van der Waals surface area contributed by atoms with Gasteiger partial charge in [0, 0.05) is 30.9 Å². The van der Waals surface area contributed by atoms with E-state index in [1.807, 2.05) is 31.2 Å². The van der Waals surface area contributed by atoms with Gasteiger partial charge in [0.15, 0.2) is 0 Å². The summed E-state index contributed by atoms with van der Waals surface area (Å²) in [6.45, 7) is 4.83. The molecule has 1 atom stereocenters. The van der Waals surface area contributed by atoms with Crippen molar-refractivity contribution in [1.29, 1.82) is 0 Å². The number of sulfonamides is 1. The highest BCUT2D eigenvalue weighted by molar-refractivity contribution is 7.89. The Bertz CT molecular complexity index is 1420. The molecule has 0 saturated carbocycles. The number of hydrogen-bond donors (Lipinski definition) is 1. The number of aryl methyl sites for hydroxylation is 1. The average molecular weight is 554 g/mol. The summed E-state index contributed by atoms with van der Waals surface area (Å²) < 4.78 is 39.1. The molecular formula is C28H35N5O5S. The van der Waals surface area contributed by atoms with E-state index in [2.05, 4.69) is 20.4 Å². The van der Waals surface area contributed by atoms with Crippen molar-refractivity contribution in [2.75, 3.05) is 38.6 Å². The number of aromatic nitrogens is 2. The van der Waals surface area contributed by atoms with Crippen LogP contribution in [0.3, 0.4) is 0 Å². The van der Waals surface area contributed by atoms with Crippen LogP contribution in [0.1, 0.15) is 43.6 Å². The minimum Gasteiger partial charge on any atom is -0.495 e. The smallest absolute Gasteiger partial charge is 0.246 e. The summed E-state index contributed by atoms with van der Waals surface area (Å²) in [6, 6.07) is 12.7. The number of ether oxygens (including phenoxy) is 1. The number of anilines is 1. The summed E-state index contributed by atoms with van der Waals surface area (Å²) in [5, 5.41) is 7.08. The van der Waals surface area contributed by atoms with Gasteiger partial charge < -0.3 is 14.6 Å². The van der Waals surface area contributed by atoms with Crippen LogP contribution in [-0.4, -0.2) is 67.0 Å². The number of hydrogen-bond acceptors (Lipinski definition) is 8. The highest BCUT2D eigenvalue weighted by Gasteiger charge is 2.31. The Morgan fingerprint density at radius 1 is 1.10 bits per heavy atom. The Morgan fingerprint density at radius 3 is 2.67 bits per heavy atom. The molecule has 11 heteroatoms. The molecule has 0 radical (unpaired) electrons. The second-order valence-electron chi connectivity index (χ2n) is 10.2. The third kappa shape index (κ3) is 6.15. The monoisotopic (exact) mass is 553 g/mol. The first-order valence-electron chi connectivity index (χ1n) is 13.4. The lowest BCUT2D eigenvalue weighted by Crippen LogP contribution is -2.40. The molecule has 2 aliphatic rings. The first kappa shape index (κ1) is 27.3. The molecule has 1 aromatic heterocycles. The van der Waals surface area contributed by atoms with Gasteiger partial charge in [-0.25, -0.2) is 8.42 Å². The molecule has 0 bridgehead atoms. The molecular weight excluding hydrogens is 518 g/mol. The molecule has 2 fully saturated rings. The van der Waals surface area contributed by atoms with Crippen LogP contribution < -0.4 is 10.1 Å². The van der Waals surface area contributed by atoms with Crippen molar-refractivity contribution in [3.8, 4) is 17.1 Å². The van der Waals surface area contributed by atoms with Gasteiger partial charge in [-0.2, -0.15) is 9.29 Å². The minimum atomic E-state index is -3.73. The molecule has 39 heavy (non-hydrogen) atoms. The van der Waals surface area contributed by atoms with Gasteiger partial charge in [-0.1, -0.05) is 35.8 Å². The van der Waals surface area contributed by atoms with Crippen LogP contribution >= 0.6 is 0 Å². The maximum Gasteiger partial charge on any atom is 0.246 e. The van der Waals surface area contributed by atoms with E-state index in [0.717, 1.165) is 49.8 Å². The second kappa shape index (κ2) is 11.8. The van der Waals surface area contributed by atoms with Crippen molar-refractivity contribution < 1.29 is 22.5 Å². The van der Waals surface area contributed by atoms with Crippen molar-refractivity contribution in [1.82, 2.24) is 19.3 Å². The molecule has 3 aromatic rings. The number of carbonyl (C=O) groups is 1. The SMILES string of the molecule is COc1ccc(NC(=O)C2CCCN(Cc3nc(-c4ccccc4C)no3)C2)cc1S(=O)(=O)N1CCCCC1. The molecule has 1 N–H and O–H groups in total. The highest BCUT2D eigenvalue weighted by atomic mass is 32.2. The molecule has 1 unspecified atom stereocenters. The minimum absolute atomic E-state index is 0.0795. The number of benzene rings is 2. The average Bonchev–Trinajstić information content (AvgIpc) is 3.42. The molecule has 1 amide bonds. The zero-order valence-corrected chi connectivity index (χ0v) is 23.2. The lowest BCUT2D eigenvalue weighted by atomic mass is 9.97. The van der Waals surface area contributed by atoms with E-state index < -0.39 is 10.0 Å². The molecule has 5 rings (SSSR count). The third-order valence-electron chi connectivity index (χ3n) is 7.45. The van der Waals surface area contributed by atoms with Gasteiger partial charge in [-0.15, -0.1) is 0 Å². The van der Waals surface area contributed by atoms with Gasteiger partial charge in [0.1, 0.15) is 10.6 Å². The zero-order valence-electron chi connectivity index (χ0n) is 22.4. The first-order chi connectivity index (χ1) is 18.8. The van der Waals surface area contributed by atoms with E-state index in [1.165, 1.54) is 17.5 Å². The second-order valence-corrected chi connectivity index (χ2v) is 12.1. The molecule has 2 saturated heterocycles. The lowest BCUT2D eigenvalue weighted by Gasteiger charge is -2.31. The number of rotatable bonds is 8. The van der Waals surface area contributed by atoms with Gasteiger partial charge in [0.2, 0.25) is 27.6 Å². The van der Waals surface area contributed by atoms with Crippen molar-refractivity contribution in [2.45, 2.75) is 50.5 Å². The first-order valence-corrected chi connectivity index (χ1v) is 14.9. The van der Waals surface area contributed by atoms with E-state index in [4.69, 9.17) is 9.26 Å². The fourth-order valence-electron chi connectivity index (χ4n) is 5.30. The number of amides is 1. The van der Waals surface area contributed by atoms with Gasteiger partial charge >= 0.3 is 0 Å². The third-order valence-corrected chi connectivity index (χ3v) is 9.37. The Morgan fingerprint density at radius 2 is 1.90 bits per heavy atom. The number of methoxy groups -OCH3 is 1. The summed E-state index contributed by atoms with van der Waals surface area (Å²) in [5.41, 5.74) is 2.45. The fraction of sp³-hybridized carbons (Fsp3) is 0.464. The van der Waals surface area contributed by atoms with Gasteiger partial charge in [-0.3, -0.25) is 9.69 Å². The van der Waals surface area contributed by atoms with E-state index in [1.54, 1.807) is 12.1 Å². The number of piperidine rings is 2. The maximum atomic E-state index is 13.3. The van der Waals surface area contributed by atoms with Crippen LogP contribution in [0.5, 0.6) is 5.75 Å². The topological polar surface area (TPSA) is 118 Å². The van der Waals surface area contributed by atoms with Gasteiger partial charge in [-0.05, 0) is 62.9 Å². The summed E-state index contributed by atoms with van der Waals surface area (Å²) in [4.78, 5) is 20.0. The number of likely N-dealkylation sites (tertiary alicyclic amines) is 1. The van der Waals surface area contributed by atoms with Crippen LogP contribution in [0.4, 0.5) is 5.69 Å². The van der Waals surface area contributed by atoms with E-state index in [9.17, 15) is 13.2 Å². The Hall–Kier alpha value is -3.28. The van der Waals surface area contributed by atoms with Crippen molar-refractivity contribution >= 4 is 21.6 Å². The number of carbonyl (C=O) groups excluding carboxylic acids is 1. The Balaban J connectivity index is 1.24. The number of nitrogens with zero attached hydrogens (tertiary/aromatic N) is 4. The fourth-order valence-corrected chi connectivity index (χ4v) is 7.00. The van der Waals surface area contributed by atoms with Crippen LogP contribution in [-0.2, 0) is 21.4 Å². The van der Waals surface area contributed by atoms with E-state index in [0.29, 0.717) is 43.6 Å². The van der Waals surface area contributed by atoms with Gasteiger partial charge in [0.25, 0.3) is 0 Å². The van der Waals surface area contributed by atoms with Crippen LogP contribution in [0.15, 0.2) is 51.9 Å². The summed E-state index contributed by atoms with van der Waals surface area (Å²) in [6.07, 6.45) is 4.31. The zero-order chi connectivity index (χ0) is 27.4. The molecule has 2 aliphatic heterocycles. The molecule has 10 nitrogen and oxygen atoms in total. The van der Waals surface area contributed by atoms with Gasteiger partial charge in [0.05, 0.1) is 19.6 Å². The van der Waals surface area contributed by atoms with Crippen LogP contribution in [0.25, 0.3) is 11.4 Å². The molecule has 0 spiro atoms. The molecule has 3 heterocycles. The highest BCUT2D eigenvalue weighted by Crippen LogP contribution is 2.32. The molecule has 208 valence electrons. The predicted molar refractivity (Wildman–Crippen MR) is 147 cm³/mol. The quantitative estimate of drug-likeness (QED) is 0.443. The molecule has 0 aliphatic carbocycles. The standard InChI is InChI=1S/C28H35N5O5S/c1-20-9-4-5-11-23(20)27-30-26(38-31-27)19-32-14-8-10-21(18-32)28(34)29-22-12-13-24(37-2)25(17-22)39(35,36)33-15-6-3-7-16-33/h4-5,9,11-13,17,21H,3,6-8,10,14-16,18-19H2,1-2H3,(H,29,34). The van der Waals surface area contributed by atoms with E-state index in [-0.39, 0.29) is 22.5 Å². The maximum absolute atomic E-state index is 13.3. The number of nitrogens with one attached hydrogen (secondary N) is 1. The molecule has 2 aromatic carbocycles. The van der Waals surface area contributed by atoms with Crippen LogP contribution in [0, 0.1) is 12.8 Å². The normalized spacial score (nSPS) is 19.1.